The molecular formula is C14H29ClN2O3. The third-order valence-electron chi connectivity index (χ3n) is 2.62. The zero-order valence-corrected chi connectivity index (χ0v) is 14.2. The van der Waals surface area contributed by atoms with E-state index in [0.29, 0.717) is 18.9 Å². The maximum atomic E-state index is 12.0. The molecule has 5 nitrogen and oxygen atoms in total. The van der Waals surface area contributed by atoms with Gasteiger partial charge in [0.1, 0.15) is 6.04 Å². The van der Waals surface area contributed by atoms with Crippen LogP contribution in [0.4, 0.5) is 0 Å². The van der Waals surface area contributed by atoms with Crippen LogP contribution in [-0.2, 0) is 14.3 Å². The minimum absolute atomic E-state index is 0. The molecule has 0 spiro atoms. The van der Waals surface area contributed by atoms with Crippen molar-refractivity contribution in [1.29, 1.82) is 0 Å². The molecule has 0 fully saturated rings. The van der Waals surface area contributed by atoms with Gasteiger partial charge in [0.25, 0.3) is 0 Å². The quantitative estimate of drug-likeness (QED) is 0.670. The second-order valence-electron chi connectivity index (χ2n) is 5.64. The normalized spacial score (nSPS) is 13.6. The third kappa shape index (κ3) is 9.15. The molecule has 0 rings (SSSR count). The van der Waals surface area contributed by atoms with Gasteiger partial charge in [0.05, 0.1) is 6.10 Å². The van der Waals surface area contributed by atoms with E-state index in [-0.39, 0.29) is 36.3 Å². The molecule has 120 valence electrons. The average molecular weight is 309 g/mol. The second-order valence-corrected chi connectivity index (χ2v) is 5.64. The molecule has 0 aromatic rings. The molecule has 0 heterocycles. The number of carbonyl (C=O) groups excluding carboxylic acids is 2. The molecule has 6 heteroatoms. The Morgan fingerprint density at radius 3 is 2.05 bits per heavy atom. The van der Waals surface area contributed by atoms with Crippen LogP contribution in [0.5, 0.6) is 0 Å². The maximum Gasteiger partial charge on any atom is 0.328 e. The van der Waals surface area contributed by atoms with Crippen molar-refractivity contribution in [2.45, 2.75) is 53.2 Å². The Bertz CT molecular complexity index is 296. The highest BCUT2D eigenvalue weighted by Crippen LogP contribution is 2.09. The first-order valence-electron chi connectivity index (χ1n) is 6.93. The van der Waals surface area contributed by atoms with Crippen molar-refractivity contribution < 1.29 is 14.3 Å². The highest BCUT2D eigenvalue weighted by Gasteiger charge is 2.25. The van der Waals surface area contributed by atoms with Crippen LogP contribution in [0.25, 0.3) is 0 Å². The van der Waals surface area contributed by atoms with Gasteiger partial charge in [-0.3, -0.25) is 4.79 Å². The fraction of sp³-hybridized carbons (Fsp3) is 0.857. The van der Waals surface area contributed by atoms with Crippen LogP contribution in [0.15, 0.2) is 0 Å². The van der Waals surface area contributed by atoms with E-state index < -0.39 is 6.04 Å². The number of carbonyl (C=O) groups is 2. The summed E-state index contributed by atoms with van der Waals surface area (Å²) in [5, 5.41) is 5.73. The Morgan fingerprint density at radius 1 is 1.10 bits per heavy atom. The Hall–Kier alpha value is -0.810. The zero-order chi connectivity index (χ0) is 15.0. The van der Waals surface area contributed by atoms with Gasteiger partial charge in [-0.25, -0.2) is 4.79 Å². The fourth-order valence-corrected chi connectivity index (χ4v) is 1.71. The summed E-state index contributed by atoms with van der Waals surface area (Å²) in [4.78, 5) is 23.9. The maximum absolute atomic E-state index is 12.0. The predicted octanol–water partition coefficient (Wildman–Crippen LogP) is 1.75. The van der Waals surface area contributed by atoms with E-state index in [1.54, 1.807) is 20.9 Å². The molecule has 0 aromatic carbocycles. The van der Waals surface area contributed by atoms with Gasteiger partial charge >= 0.3 is 5.97 Å². The van der Waals surface area contributed by atoms with Gasteiger partial charge in [0.2, 0.25) is 5.91 Å². The number of nitrogens with one attached hydrogen (secondary N) is 2. The molecule has 2 atom stereocenters. The standard InChI is InChI=1S/C14H28N2O3.ClH/c1-9(2)7-12(14(18)19-10(3)4)16-13(17)11(5)8-15-6;/h9-12,15H,7-8H2,1-6H3,(H,16,17);1H/t11?,12-;/m0./s1. The van der Waals surface area contributed by atoms with E-state index in [2.05, 4.69) is 10.6 Å². The summed E-state index contributed by atoms with van der Waals surface area (Å²) in [6.45, 7) is 10.0. The van der Waals surface area contributed by atoms with Crippen LogP contribution in [0.3, 0.4) is 0 Å². The van der Waals surface area contributed by atoms with Crippen LogP contribution in [-0.4, -0.2) is 37.6 Å². The number of halogens is 1. The van der Waals surface area contributed by atoms with Crippen molar-refractivity contribution in [3.63, 3.8) is 0 Å². The summed E-state index contributed by atoms with van der Waals surface area (Å²) in [5.41, 5.74) is 0. The molecule has 2 N–H and O–H groups in total. The summed E-state index contributed by atoms with van der Waals surface area (Å²) in [5.74, 6) is -0.342. The Morgan fingerprint density at radius 2 is 1.65 bits per heavy atom. The number of rotatable bonds is 8. The smallest absolute Gasteiger partial charge is 0.328 e. The van der Waals surface area contributed by atoms with Gasteiger partial charge in [0.15, 0.2) is 0 Å². The lowest BCUT2D eigenvalue weighted by Gasteiger charge is -2.22. The van der Waals surface area contributed by atoms with Gasteiger partial charge in [-0.1, -0.05) is 20.8 Å². The fourth-order valence-electron chi connectivity index (χ4n) is 1.71. The van der Waals surface area contributed by atoms with E-state index in [1.165, 1.54) is 0 Å². The summed E-state index contributed by atoms with van der Waals surface area (Å²) in [6, 6.07) is -0.561. The summed E-state index contributed by atoms with van der Waals surface area (Å²) < 4.78 is 5.18. The lowest BCUT2D eigenvalue weighted by atomic mass is 10.0. The zero-order valence-electron chi connectivity index (χ0n) is 13.4. The van der Waals surface area contributed by atoms with Gasteiger partial charge in [-0.05, 0) is 33.2 Å². The van der Waals surface area contributed by atoms with Crippen LogP contribution in [0.2, 0.25) is 0 Å². The molecule has 0 aromatic heterocycles. The van der Waals surface area contributed by atoms with E-state index in [9.17, 15) is 9.59 Å². The molecule has 20 heavy (non-hydrogen) atoms. The Kier molecular flexibility index (Phi) is 11.7. The lowest BCUT2D eigenvalue weighted by molar-refractivity contribution is -0.152. The van der Waals surface area contributed by atoms with Crippen LogP contribution in [0.1, 0.15) is 41.0 Å². The van der Waals surface area contributed by atoms with E-state index >= 15 is 0 Å². The molecule has 0 aliphatic rings. The predicted molar refractivity (Wildman–Crippen MR) is 83.0 cm³/mol. The second kappa shape index (κ2) is 10.9. The topological polar surface area (TPSA) is 67.4 Å². The van der Waals surface area contributed by atoms with Gasteiger partial charge in [-0.15, -0.1) is 12.4 Å². The van der Waals surface area contributed by atoms with Gasteiger partial charge < -0.3 is 15.4 Å². The van der Waals surface area contributed by atoms with Crippen molar-refractivity contribution >= 4 is 24.3 Å². The summed E-state index contributed by atoms with van der Waals surface area (Å²) in [7, 11) is 1.79. The molecule has 0 radical (unpaired) electrons. The molecule has 1 unspecified atom stereocenters. The number of hydrogen-bond donors (Lipinski definition) is 2. The molecular weight excluding hydrogens is 280 g/mol. The van der Waals surface area contributed by atoms with E-state index in [0.717, 1.165) is 0 Å². The number of amides is 1. The average Bonchev–Trinajstić information content (AvgIpc) is 2.26. The van der Waals surface area contributed by atoms with Gasteiger partial charge in [-0.2, -0.15) is 0 Å². The summed E-state index contributed by atoms with van der Waals surface area (Å²) in [6.07, 6.45) is 0.414. The molecule has 0 saturated heterocycles. The highest BCUT2D eigenvalue weighted by atomic mass is 35.5. The SMILES string of the molecule is CNCC(C)C(=O)N[C@@H](CC(C)C)C(=O)OC(C)C.Cl. The number of hydrogen-bond acceptors (Lipinski definition) is 4. The van der Waals surface area contributed by atoms with Crippen LogP contribution < -0.4 is 10.6 Å². The first-order chi connectivity index (χ1) is 8.77. The van der Waals surface area contributed by atoms with Crippen molar-refractivity contribution in [2.75, 3.05) is 13.6 Å². The van der Waals surface area contributed by atoms with E-state index in [1.807, 2.05) is 20.8 Å². The minimum Gasteiger partial charge on any atom is -0.461 e. The third-order valence-corrected chi connectivity index (χ3v) is 2.62. The monoisotopic (exact) mass is 308 g/mol. The molecule has 0 saturated carbocycles. The largest absolute Gasteiger partial charge is 0.461 e. The molecule has 0 aliphatic heterocycles. The van der Waals surface area contributed by atoms with Crippen molar-refractivity contribution in [3.8, 4) is 0 Å². The first kappa shape index (κ1) is 21.5. The van der Waals surface area contributed by atoms with Crippen LogP contribution in [0, 0.1) is 11.8 Å². The Labute approximate surface area is 128 Å². The number of esters is 1. The van der Waals surface area contributed by atoms with Crippen molar-refractivity contribution in [2.24, 2.45) is 11.8 Å². The van der Waals surface area contributed by atoms with E-state index in [4.69, 9.17) is 4.74 Å². The van der Waals surface area contributed by atoms with Crippen molar-refractivity contribution in [1.82, 2.24) is 10.6 Å². The highest BCUT2D eigenvalue weighted by molar-refractivity contribution is 5.86. The van der Waals surface area contributed by atoms with Gasteiger partial charge in [0, 0.05) is 12.5 Å². The number of ether oxygens (including phenoxy) is 1. The lowest BCUT2D eigenvalue weighted by Crippen LogP contribution is -2.46. The first-order valence-corrected chi connectivity index (χ1v) is 6.93. The Balaban J connectivity index is 0. The molecule has 0 bridgehead atoms. The molecule has 0 aliphatic carbocycles. The molecule has 1 amide bonds. The summed E-state index contributed by atoms with van der Waals surface area (Å²) >= 11 is 0. The van der Waals surface area contributed by atoms with Crippen LogP contribution >= 0.6 is 12.4 Å². The van der Waals surface area contributed by atoms with Crippen molar-refractivity contribution in [3.05, 3.63) is 0 Å². The minimum atomic E-state index is -0.561.